The van der Waals surface area contributed by atoms with Crippen molar-refractivity contribution in [3.05, 3.63) is 24.3 Å². The molecule has 0 rings (SSSR count). The molecule has 3 N–H and O–H groups in total. The van der Waals surface area contributed by atoms with Crippen LogP contribution in [-0.4, -0.2) is 49.9 Å². The van der Waals surface area contributed by atoms with E-state index >= 15 is 0 Å². The largest absolute Gasteiger partial charge is 0.472 e. The molecular weight excluding hydrogens is 613 g/mol. The van der Waals surface area contributed by atoms with Crippen LogP contribution in [0.2, 0.25) is 0 Å². The van der Waals surface area contributed by atoms with Crippen LogP contribution in [0.15, 0.2) is 24.3 Å². The maximum atomic E-state index is 12.5. The lowest BCUT2D eigenvalue weighted by Gasteiger charge is -2.20. The topological polar surface area (TPSA) is 117 Å². The Morgan fingerprint density at radius 2 is 1.13 bits per heavy atom. The van der Waals surface area contributed by atoms with Gasteiger partial charge in [-0.2, -0.15) is 0 Å². The summed E-state index contributed by atoms with van der Waals surface area (Å²) in [4.78, 5) is 22.3. The van der Waals surface area contributed by atoms with E-state index in [4.69, 9.17) is 24.3 Å². The van der Waals surface area contributed by atoms with Gasteiger partial charge in [-0.1, -0.05) is 147 Å². The maximum Gasteiger partial charge on any atom is 0.472 e. The van der Waals surface area contributed by atoms with E-state index in [0.29, 0.717) is 13.0 Å². The molecule has 0 bridgehead atoms. The van der Waals surface area contributed by atoms with Crippen molar-refractivity contribution in [1.29, 1.82) is 0 Å². The number of allylic oxidation sites excluding steroid dienone is 4. The minimum absolute atomic E-state index is 0.0947. The lowest BCUT2D eigenvalue weighted by molar-refractivity contribution is -0.154. The third kappa shape index (κ3) is 36.1. The molecule has 0 aliphatic carbocycles. The predicted octanol–water partition coefficient (Wildman–Crippen LogP) is 10.9. The van der Waals surface area contributed by atoms with Crippen LogP contribution in [0, 0.1) is 0 Å². The van der Waals surface area contributed by atoms with Gasteiger partial charge < -0.3 is 20.1 Å². The Kier molecular flexibility index (Phi) is 35.5. The van der Waals surface area contributed by atoms with Crippen molar-refractivity contribution in [2.75, 3.05) is 33.0 Å². The number of hydrogen-bond donors (Lipinski definition) is 2. The van der Waals surface area contributed by atoms with Gasteiger partial charge in [0.25, 0.3) is 0 Å². The second-order valence-corrected chi connectivity index (χ2v) is 14.2. The van der Waals surface area contributed by atoms with E-state index in [1.807, 2.05) is 0 Å². The molecule has 0 spiro atoms. The minimum atomic E-state index is -4.26. The smallest absolute Gasteiger partial charge is 0.457 e. The number of unbranched alkanes of at least 4 members (excludes halogenated alkanes) is 20. The molecule has 0 aromatic rings. The third-order valence-corrected chi connectivity index (χ3v) is 9.11. The average Bonchev–Trinajstić information content (AvgIpc) is 3.06. The summed E-state index contributed by atoms with van der Waals surface area (Å²) in [6, 6.07) is 0. The number of phosphoric acid groups is 1. The van der Waals surface area contributed by atoms with Crippen molar-refractivity contribution < 1.29 is 32.8 Å². The summed E-state index contributed by atoms with van der Waals surface area (Å²) >= 11 is 0. The number of phosphoric ester groups is 1. The Labute approximate surface area is 289 Å². The highest BCUT2D eigenvalue weighted by Gasteiger charge is 2.25. The average molecular weight is 688 g/mol. The molecule has 278 valence electrons. The summed E-state index contributed by atoms with van der Waals surface area (Å²) in [5.74, 6) is -0.335. The van der Waals surface area contributed by atoms with Crippen LogP contribution in [0.3, 0.4) is 0 Å². The van der Waals surface area contributed by atoms with Gasteiger partial charge in [0.2, 0.25) is 0 Å². The second-order valence-electron chi connectivity index (χ2n) is 12.8. The molecule has 0 amide bonds. The first-order valence-corrected chi connectivity index (χ1v) is 20.8. The molecule has 0 aliphatic rings. The molecule has 9 heteroatoms. The molecule has 2 atom stereocenters. The first-order valence-electron chi connectivity index (χ1n) is 19.3. The molecular formula is C38H74NO7P. The Hall–Kier alpha value is -1.02. The number of esters is 1. The van der Waals surface area contributed by atoms with E-state index in [1.165, 1.54) is 116 Å². The molecule has 0 heterocycles. The van der Waals surface area contributed by atoms with Gasteiger partial charge in [0.05, 0.1) is 19.8 Å². The molecule has 0 aromatic carbocycles. The molecule has 47 heavy (non-hydrogen) atoms. The van der Waals surface area contributed by atoms with E-state index in [0.717, 1.165) is 38.5 Å². The van der Waals surface area contributed by atoms with Crippen molar-refractivity contribution in [3.8, 4) is 0 Å². The van der Waals surface area contributed by atoms with Crippen LogP contribution in [0.5, 0.6) is 0 Å². The molecule has 0 aliphatic heterocycles. The number of carbonyl (C=O) groups excluding carboxylic acids is 1. The first kappa shape index (κ1) is 46.0. The van der Waals surface area contributed by atoms with Crippen molar-refractivity contribution in [2.24, 2.45) is 5.73 Å². The zero-order valence-electron chi connectivity index (χ0n) is 30.5. The van der Waals surface area contributed by atoms with Crippen LogP contribution in [0.1, 0.15) is 174 Å². The fraction of sp³-hybridized carbons (Fsp3) is 0.868. The van der Waals surface area contributed by atoms with Crippen LogP contribution in [-0.2, 0) is 27.9 Å². The van der Waals surface area contributed by atoms with Gasteiger partial charge in [-0.25, -0.2) is 4.57 Å². The molecule has 0 aromatic heterocycles. The zero-order valence-corrected chi connectivity index (χ0v) is 31.4. The molecule has 0 radical (unpaired) electrons. The van der Waals surface area contributed by atoms with E-state index in [9.17, 15) is 14.3 Å². The quantitative estimate of drug-likeness (QED) is 0.0287. The van der Waals surface area contributed by atoms with Gasteiger partial charge in [-0.3, -0.25) is 13.8 Å². The standard InChI is InChI=1S/C38H74NO7P/c1-3-5-7-9-11-13-14-15-16-17-18-19-20-21-22-23-25-27-29-31-38(40)46-37(36-45-47(41,42)44-34-32-39)35-43-33-30-28-26-24-12-10-8-6-4-2/h11,13,15-16,37H,3-10,12,14,17-36,39H2,1-2H3,(H,41,42)/b13-11-,16-15-. The summed E-state index contributed by atoms with van der Waals surface area (Å²) in [7, 11) is -4.26. The first-order chi connectivity index (χ1) is 22.9. The van der Waals surface area contributed by atoms with Crippen LogP contribution < -0.4 is 5.73 Å². The number of hydrogen-bond acceptors (Lipinski definition) is 7. The third-order valence-electron chi connectivity index (χ3n) is 8.12. The predicted molar refractivity (Wildman–Crippen MR) is 197 cm³/mol. The Morgan fingerprint density at radius 3 is 1.70 bits per heavy atom. The zero-order chi connectivity index (χ0) is 34.5. The highest BCUT2D eigenvalue weighted by molar-refractivity contribution is 7.47. The highest BCUT2D eigenvalue weighted by Crippen LogP contribution is 2.43. The van der Waals surface area contributed by atoms with E-state index in [-0.39, 0.29) is 32.3 Å². The van der Waals surface area contributed by atoms with Gasteiger partial charge in [0.1, 0.15) is 6.10 Å². The Balaban J connectivity index is 4.01. The normalized spacial score (nSPS) is 13.9. The fourth-order valence-electron chi connectivity index (χ4n) is 5.26. The minimum Gasteiger partial charge on any atom is -0.457 e. The molecule has 8 nitrogen and oxygen atoms in total. The molecule has 0 fully saturated rings. The summed E-state index contributed by atoms with van der Waals surface area (Å²) in [5.41, 5.74) is 5.35. The Morgan fingerprint density at radius 1 is 0.638 bits per heavy atom. The fourth-order valence-corrected chi connectivity index (χ4v) is 6.03. The summed E-state index contributed by atoms with van der Waals surface area (Å²) in [5, 5.41) is 0. The van der Waals surface area contributed by atoms with E-state index in [2.05, 4.69) is 38.2 Å². The number of carbonyl (C=O) groups is 1. The van der Waals surface area contributed by atoms with Crippen molar-refractivity contribution in [2.45, 2.75) is 180 Å². The van der Waals surface area contributed by atoms with Crippen molar-refractivity contribution in [1.82, 2.24) is 0 Å². The number of ether oxygens (including phenoxy) is 2. The molecule has 2 unspecified atom stereocenters. The lowest BCUT2D eigenvalue weighted by atomic mass is 10.1. The van der Waals surface area contributed by atoms with Crippen LogP contribution in [0.4, 0.5) is 0 Å². The van der Waals surface area contributed by atoms with Gasteiger partial charge >= 0.3 is 13.8 Å². The van der Waals surface area contributed by atoms with E-state index in [1.54, 1.807) is 0 Å². The monoisotopic (exact) mass is 688 g/mol. The lowest BCUT2D eigenvalue weighted by Crippen LogP contribution is -2.28. The van der Waals surface area contributed by atoms with Crippen LogP contribution >= 0.6 is 7.82 Å². The summed E-state index contributed by atoms with van der Waals surface area (Å²) < 4.78 is 33.2. The van der Waals surface area contributed by atoms with Crippen molar-refractivity contribution in [3.63, 3.8) is 0 Å². The second kappa shape index (κ2) is 36.3. The van der Waals surface area contributed by atoms with Gasteiger partial charge in [0, 0.05) is 19.6 Å². The van der Waals surface area contributed by atoms with Gasteiger partial charge in [0.15, 0.2) is 0 Å². The Bertz CT molecular complexity index is 777. The number of rotatable bonds is 37. The van der Waals surface area contributed by atoms with Crippen LogP contribution in [0.25, 0.3) is 0 Å². The van der Waals surface area contributed by atoms with Gasteiger partial charge in [-0.15, -0.1) is 0 Å². The SMILES string of the molecule is CCCCC/C=C\C/C=C\CCCCCCCCCCCC(=O)OC(COCCCCCCCCCCC)COP(=O)(O)OCCN. The van der Waals surface area contributed by atoms with E-state index < -0.39 is 13.9 Å². The van der Waals surface area contributed by atoms with Crippen molar-refractivity contribution >= 4 is 13.8 Å². The maximum absolute atomic E-state index is 12.5. The molecule has 0 saturated carbocycles. The number of nitrogens with two attached hydrogens (primary N) is 1. The van der Waals surface area contributed by atoms with Gasteiger partial charge in [-0.05, 0) is 44.9 Å². The highest BCUT2D eigenvalue weighted by atomic mass is 31.2. The summed E-state index contributed by atoms with van der Waals surface area (Å²) in [6.07, 6.45) is 37.6. The summed E-state index contributed by atoms with van der Waals surface area (Å²) in [6.45, 7) is 4.88. The molecule has 0 saturated heterocycles.